The van der Waals surface area contributed by atoms with Crippen molar-refractivity contribution in [1.82, 2.24) is 4.57 Å². The molecule has 1 aliphatic heterocycles. The zero-order chi connectivity index (χ0) is 23.1. The fraction of sp³-hybridized carbons (Fsp3) is 0.111. The monoisotopic (exact) mass is 455 g/mol. The van der Waals surface area contributed by atoms with E-state index in [9.17, 15) is 9.59 Å². The van der Waals surface area contributed by atoms with Crippen LogP contribution in [0.2, 0.25) is 5.15 Å². The van der Waals surface area contributed by atoms with Gasteiger partial charge in [0.2, 0.25) is 0 Å². The Labute approximate surface area is 197 Å². The molecule has 5 rings (SSSR count). The number of anilines is 2. The Bertz CT molecular complexity index is 1390. The van der Waals surface area contributed by atoms with Gasteiger partial charge in [0.25, 0.3) is 11.8 Å². The molecule has 6 heteroatoms. The highest BCUT2D eigenvalue weighted by atomic mass is 35.5. The van der Waals surface area contributed by atoms with Gasteiger partial charge in [-0.15, -0.1) is 0 Å². The highest BCUT2D eigenvalue weighted by molar-refractivity contribution is 6.30. The summed E-state index contributed by atoms with van der Waals surface area (Å²) in [6, 6.07) is 24.2. The number of carbonyl (C=O) groups excluding carboxylic acids is 2. The van der Waals surface area contributed by atoms with Crippen molar-refractivity contribution >= 4 is 34.8 Å². The molecule has 0 bridgehead atoms. The Morgan fingerprint density at radius 2 is 1.52 bits per heavy atom. The molecular weight excluding hydrogens is 434 g/mol. The van der Waals surface area contributed by atoms with Crippen LogP contribution >= 0.6 is 11.6 Å². The van der Waals surface area contributed by atoms with Crippen molar-refractivity contribution < 1.29 is 9.59 Å². The minimum Gasteiger partial charge on any atom is -0.322 e. The fourth-order valence-corrected chi connectivity index (χ4v) is 4.53. The standard InChI is InChI=1S/C27H22ClN3O2/c1-17-18(2)22(29-26(32)19-8-4-3-5-9-19)14-13-21(17)27(33)30-16-20-12-15-25(28)31(20)24-11-7-6-10-23(24)30/h3-15H,16H2,1-2H3,(H,29,32). The van der Waals surface area contributed by atoms with Crippen molar-refractivity contribution in [2.45, 2.75) is 20.4 Å². The smallest absolute Gasteiger partial charge is 0.258 e. The lowest BCUT2D eigenvalue weighted by atomic mass is 9.99. The molecule has 33 heavy (non-hydrogen) atoms. The van der Waals surface area contributed by atoms with Crippen LogP contribution in [0.15, 0.2) is 78.9 Å². The number of para-hydroxylation sites is 2. The molecule has 0 aliphatic carbocycles. The van der Waals surface area contributed by atoms with Gasteiger partial charge in [0.15, 0.2) is 0 Å². The molecule has 3 aromatic carbocycles. The normalized spacial score (nSPS) is 12.2. The van der Waals surface area contributed by atoms with E-state index in [1.165, 1.54) is 0 Å². The molecular formula is C27H22ClN3O2. The maximum Gasteiger partial charge on any atom is 0.258 e. The molecule has 0 atom stereocenters. The number of nitrogens with one attached hydrogen (secondary N) is 1. The Balaban J connectivity index is 1.47. The largest absolute Gasteiger partial charge is 0.322 e. The number of aromatic nitrogens is 1. The first-order valence-electron chi connectivity index (χ1n) is 10.7. The first kappa shape index (κ1) is 21.0. The SMILES string of the molecule is Cc1c(NC(=O)c2ccccc2)ccc(C(=O)N2Cc3ccc(Cl)n3-c3ccccc32)c1C. The second-order valence-corrected chi connectivity index (χ2v) is 8.48. The summed E-state index contributed by atoms with van der Waals surface area (Å²) in [6.07, 6.45) is 0. The van der Waals surface area contributed by atoms with Gasteiger partial charge in [0, 0.05) is 22.5 Å². The predicted molar refractivity (Wildman–Crippen MR) is 132 cm³/mol. The molecule has 0 fully saturated rings. The molecule has 1 aromatic heterocycles. The Morgan fingerprint density at radius 3 is 2.27 bits per heavy atom. The summed E-state index contributed by atoms with van der Waals surface area (Å²) in [6.45, 7) is 4.26. The minimum absolute atomic E-state index is 0.0902. The zero-order valence-electron chi connectivity index (χ0n) is 18.3. The average molecular weight is 456 g/mol. The lowest BCUT2D eigenvalue weighted by Gasteiger charge is -2.32. The van der Waals surface area contributed by atoms with Gasteiger partial charge in [-0.05, 0) is 73.5 Å². The Morgan fingerprint density at radius 1 is 0.818 bits per heavy atom. The highest BCUT2D eigenvalue weighted by Crippen LogP contribution is 2.37. The van der Waals surface area contributed by atoms with E-state index < -0.39 is 0 Å². The second-order valence-electron chi connectivity index (χ2n) is 8.09. The maximum absolute atomic E-state index is 13.7. The molecule has 2 heterocycles. The Kier molecular flexibility index (Phi) is 5.27. The molecule has 0 unspecified atom stereocenters. The van der Waals surface area contributed by atoms with Crippen LogP contribution in [0.3, 0.4) is 0 Å². The molecule has 0 saturated carbocycles. The van der Waals surface area contributed by atoms with Crippen molar-refractivity contribution in [3.05, 3.63) is 112 Å². The molecule has 1 N–H and O–H groups in total. The zero-order valence-corrected chi connectivity index (χ0v) is 19.1. The topological polar surface area (TPSA) is 54.3 Å². The number of hydrogen-bond donors (Lipinski definition) is 1. The van der Waals surface area contributed by atoms with E-state index in [1.54, 1.807) is 29.2 Å². The molecule has 5 nitrogen and oxygen atoms in total. The third-order valence-electron chi connectivity index (χ3n) is 6.19. The van der Waals surface area contributed by atoms with Crippen LogP contribution in [0.5, 0.6) is 0 Å². The van der Waals surface area contributed by atoms with E-state index in [4.69, 9.17) is 11.6 Å². The van der Waals surface area contributed by atoms with E-state index in [0.717, 1.165) is 28.2 Å². The second kappa shape index (κ2) is 8.26. The predicted octanol–water partition coefficient (Wildman–Crippen LogP) is 6.16. The van der Waals surface area contributed by atoms with Crippen LogP contribution in [0.4, 0.5) is 11.4 Å². The van der Waals surface area contributed by atoms with Gasteiger partial charge in [0.1, 0.15) is 5.15 Å². The number of nitrogens with zero attached hydrogens (tertiary/aromatic N) is 2. The molecule has 164 valence electrons. The van der Waals surface area contributed by atoms with Crippen LogP contribution in [0, 0.1) is 13.8 Å². The van der Waals surface area contributed by atoms with Gasteiger partial charge in [-0.2, -0.15) is 0 Å². The number of fused-ring (bicyclic) bond motifs is 3. The van der Waals surface area contributed by atoms with Crippen LogP contribution in [-0.2, 0) is 6.54 Å². The van der Waals surface area contributed by atoms with Crippen molar-refractivity contribution in [2.24, 2.45) is 0 Å². The lowest BCUT2D eigenvalue weighted by molar-refractivity contribution is 0.0982. The molecule has 0 saturated heterocycles. The first-order chi connectivity index (χ1) is 16.0. The van der Waals surface area contributed by atoms with E-state index in [1.807, 2.05) is 73.0 Å². The number of rotatable bonds is 3. The third-order valence-corrected chi connectivity index (χ3v) is 6.49. The van der Waals surface area contributed by atoms with Crippen LogP contribution in [-0.4, -0.2) is 16.4 Å². The number of amides is 2. The summed E-state index contributed by atoms with van der Waals surface area (Å²) in [4.78, 5) is 28.1. The van der Waals surface area contributed by atoms with Crippen molar-refractivity contribution in [3.8, 4) is 5.69 Å². The summed E-state index contributed by atoms with van der Waals surface area (Å²) < 4.78 is 1.97. The van der Waals surface area contributed by atoms with Crippen molar-refractivity contribution in [3.63, 3.8) is 0 Å². The van der Waals surface area contributed by atoms with Crippen molar-refractivity contribution in [2.75, 3.05) is 10.2 Å². The lowest BCUT2D eigenvalue weighted by Crippen LogP contribution is -2.35. The fourth-order valence-electron chi connectivity index (χ4n) is 4.27. The summed E-state index contributed by atoms with van der Waals surface area (Å²) >= 11 is 6.40. The molecule has 0 radical (unpaired) electrons. The van der Waals surface area contributed by atoms with E-state index in [0.29, 0.717) is 28.5 Å². The van der Waals surface area contributed by atoms with Gasteiger partial charge < -0.3 is 14.8 Å². The molecule has 0 spiro atoms. The summed E-state index contributed by atoms with van der Waals surface area (Å²) in [5.74, 6) is -0.271. The number of halogens is 1. The van der Waals surface area contributed by atoms with Crippen LogP contribution < -0.4 is 10.2 Å². The van der Waals surface area contributed by atoms with Crippen molar-refractivity contribution in [1.29, 1.82) is 0 Å². The maximum atomic E-state index is 13.7. The van der Waals surface area contributed by atoms with Gasteiger partial charge in [-0.3, -0.25) is 9.59 Å². The van der Waals surface area contributed by atoms with E-state index in [2.05, 4.69) is 5.32 Å². The Hall–Kier alpha value is -3.83. The first-order valence-corrected chi connectivity index (χ1v) is 11.1. The number of benzene rings is 3. The molecule has 2 amide bonds. The van der Waals surface area contributed by atoms with E-state index in [-0.39, 0.29) is 11.8 Å². The van der Waals surface area contributed by atoms with Gasteiger partial charge >= 0.3 is 0 Å². The quantitative estimate of drug-likeness (QED) is 0.402. The summed E-state index contributed by atoms with van der Waals surface area (Å²) in [5, 5.41) is 3.58. The van der Waals surface area contributed by atoms with Gasteiger partial charge in [0.05, 0.1) is 17.9 Å². The van der Waals surface area contributed by atoms with Crippen LogP contribution in [0.25, 0.3) is 5.69 Å². The number of hydrogen-bond acceptors (Lipinski definition) is 2. The van der Waals surface area contributed by atoms with Gasteiger partial charge in [-0.25, -0.2) is 0 Å². The highest BCUT2D eigenvalue weighted by Gasteiger charge is 2.29. The minimum atomic E-state index is -0.181. The average Bonchev–Trinajstić information content (AvgIpc) is 3.22. The molecule has 4 aromatic rings. The third kappa shape index (κ3) is 3.60. The van der Waals surface area contributed by atoms with Crippen LogP contribution in [0.1, 0.15) is 37.5 Å². The van der Waals surface area contributed by atoms with Gasteiger partial charge in [-0.1, -0.05) is 41.9 Å². The summed E-state index contributed by atoms with van der Waals surface area (Å²) in [5.41, 5.74) is 6.22. The van der Waals surface area contributed by atoms with E-state index >= 15 is 0 Å². The number of carbonyl (C=O) groups is 2. The summed E-state index contributed by atoms with van der Waals surface area (Å²) in [7, 11) is 0. The molecule has 1 aliphatic rings.